The Morgan fingerprint density at radius 3 is 1.70 bits per heavy atom. The molecule has 0 amide bonds. The highest BCUT2D eigenvalue weighted by Crippen LogP contribution is 2.62. The van der Waals surface area contributed by atoms with Gasteiger partial charge >= 0.3 is 0 Å². The maximum Gasteiger partial charge on any atom is 0.0225 e. The van der Waals surface area contributed by atoms with E-state index in [9.17, 15) is 0 Å². The highest BCUT2D eigenvalue weighted by molar-refractivity contribution is 5.60. The van der Waals surface area contributed by atoms with E-state index in [-0.39, 0.29) is 16.2 Å². The molecule has 1 unspecified atom stereocenters. The minimum Gasteiger partial charge on any atom is -0.0590 e. The Kier molecular flexibility index (Phi) is 2.80. The van der Waals surface area contributed by atoms with Gasteiger partial charge in [-0.25, -0.2) is 0 Å². The smallest absolute Gasteiger partial charge is 0.0225 e. The maximum absolute atomic E-state index is 2.47. The van der Waals surface area contributed by atoms with Crippen molar-refractivity contribution >= 4 is 0 Å². The molecule has 23 heavy (non-hydrogen) atoms. The lowest BCUT2D eigenvalue weighted by Crippen LogP contribution is -2.27. The Balaban J connectivity index is 2.04. The van der Waals surface area contributed by atoms with E-state index in [0.29, 0.717) is 0 Å². The quantitative estimate of drug-likeness (QED) is 0.564. The van der Waals surface area contributed by atoms with Crippen molar-refractivity contribution in [2.45, 2.75) is 70.6 Å². The molecule has 2 aromatic rings. The van der Waals surface area contributed by atoms with Crippen molar-refractivity contribution in [2.24, 2.45) is 0 Å². The predicted molar refractivity (Wildman–Crippen MR) is 98.4 cm³/mol. The summed E-state index contributed by atoms with van der Waals surface area (Å²) in [6.07, 6.45) is 2.47. The normalized spacial score (nSPS) is 26.3. The monoisotopic (exact) mass is 304 g/mol. The van der Waals surface area contributed by atoms with Gasteiger partial charge in [0.1, 0.15) is 0 Å². The van der Waals surface area contributed by atoms with Crippen molar-refractivity contribution in [1.29, 1.82) is 0 Å². The summed E-state index contributed by atoms with van der Waals surface area (Å²) >= 11 is 0. The average molecular weight is 304 g/mol. The van der Waals surface area contributed by atoms with Gasteiger partial charge < -0.3 is 0 Å². The second kappa shape index (κ2) is 4.29. The first kappa shape index (κ1) is 15.0. The maximum atomic E-state index is 2.47. The van der Waals surface area contributed by atoms with E-state index in [1.165, 1.54) is 24.0 Å². The zero-order valence-corrected chi connectivity index (χ0v) is 15.4. The second-order valence-electron chi connectivity index (χ2n) is 9.30. The lowest BCUT2D eigenvalue weighted by molar-refractivity contribution is 0.349. The van der Waals surface area contributed by atoms with E-state index in [1.807, 2.05) is 0 Å². The van der Waals surface area contributed by atoms with Crippen molar-refractivity contribution < 1.29 is 0 Å². The third kappa shape index (κ3) is 1.90. The summed E-state index contributed by atoms with van der Waals surface area (Å²) in [6, 6.07) is 14.3. The van der Waals surface area contributed by atoms with Crippen LogP contribution in [0.5, 0.6) is 0 Å². The molecule has 0 fully saturated rings. The third-order valence-electron chi connectivity index (χ3n) is 6.33. The first-order valence-electron chi connectivity index (χ1n) is 8.89. The minimum absolute atomic E-state index is 0.206. The molecule has 4 rings (SSSR count). The summed E-state index contributed by atoms with van der Waals surface area (Å²) < 4.78 is 0. The van der Waals surface area contributed by atoms with Gasteiger partial charge in [-0.2, -0.15) is 0 Å². The molecule has 0 heteroatoms. The van der Waals surface area contributed by atoms with E-state index in [4.69, 9.17) is 0 Å². The Morgan fingerprint density at radius 2 is 1.09 bits per heavy atom. The van der Waals surface area contributed by atoms with Crippen molar-refractivity contribution in [3.8, 4) is 0 Å². The van der Waals surface area contributed by atoms with E-state index in [2.05, 4.69) is 77.9 Å². The Hall–Kier alpha value is -1.56. The van der Waals surface area contributed by atoms with Gasteiger partial charge in [0.2, 0.25) is 0 Å². The predicted octanol–water partition coefficient (Wildman–Crippen LogP) is 5.95. The van der Waals surface area contributed by atoms with Crippen LogP contribution in [0.25, 0.3) is 0 Å². The molecule has 0 N–H and O–H groups in total. The summed E-state index contributed by atoms with van der Waals surface area (Å²) in [5.41, 5.74) is 9.81. The fourth-order valence-electron chi connectivity index (χ4n) is 5.57. The number of fused-ring (bicyclic) bond motifs is 4. The molecule has 0 saturated carbocycles. The fraction of sp³-hybridized carbons (Fsp3) is 0.478. The van der Waals surface area contributed by atoms with Gasteiger partial charge in [-0.15, -0.1) is 0 Å². The Bertz CT molecular complexity index is 807. The summed E-state index contributed by atoms with van der Waals surface area (Å²) in [7, 11) is 0. The number of benzene rings is 2. The fourth-order valence-corrected chi connectivity index (χ4v) is 5.57. The van der Waals surface area contributed by atoms with Crippen LogP contribution in [0, 0.1) is 13.8 Å². The molecule has 2 aliphatic rings. The van der Waals surface area contributed by atoms with Gasteiger partial charge in [0.05, 0.1) is 0 Å². The summed E-state index contributed by atoms with van der Waals surface area (Å²) in [5.74, 6) is 0. The zero-order chi connectivity index (χ0) is 16.6. The molecule has 1 atom stereocenters. The number of aryl methyl sites for hydroxylation is 2. The van der Waals surface area contributed by atoms with Crippen molar-refractivity contribution in [3.05, 3.63) is 69.8 Å². The van der Waals surface area contributed by atoms with Crippen LogP contribution in [-0.2, 0) is 16.2 Å². The zero-order valence-electron chi connectivity index (χ0n) is 15.4. The molecule has 2 aliphatic carbocycles. The second-order valence-corrected chi connectivity index (χ2v) is 9.30. The first-order chi connectivity index (χ1) is 10.7. The Morgan fingerprint density at radius 1 is 0.609 bits per heavy atom. The van der Waals surface area contributed by atoms with Crippen LogP contribution in [-0.4, -0.2) is 0 Å². The highest BCUT2D eigenvalue weighted by Gasteiger charge is 2.55. The molecule has 2 aromatic carbocycles. The average Bonchev–Trinajstić information content (AvgIpc) is 2.79. The van der Waals surface area contributed by atoms with Crippen LogP contribution in [0.1, 0.15) is 73.9 Å². The van der Waals surface area contributed by atoms with E-state index in [0.717, 1.165) is 0 Å². The van der Waals surface area contributed by atoms with Crippen molar-refractivity contribution in [3.63, 3.8) is 0 Å². The van der Waals surface area contributed by atoms with E-state index in [1.54, 1.807) is 22.3 Å². The topological polar surface area (TPSA) is 0 Å². The van der Waals surface area contributed by atoms with Gasteiger partial charge in [-0.1, -0.05) is 75.2 Å². The lowest BCUT2D eigenvalue weighted by Gasteiger charge is -2.30. The van der Waals surface area contributed by atoms with Crippen LogP contribution in [0.4, 0.5) is 0 Å². The summed E-state index contributed by atoms with van der Waals surface area (Å²) in [6.45, 7) is 14.2. The van der Waals surface area contributed by atoms with Crippen LogP contribution < -0.4 is 0 Å². The SMILES string of the molecule is Cc1ccc2c(c1)C(C)(C)CC21CC(C)(C)c2ccc(C)cc21. The summed E-state index contributed by atoms with van der Waals surface area (Å²) in [4.78, 5) is 0. The van der Waals surface area contributed by atoms with Crippen LogP contribution in [0.2, 0.25) is 0 Å². The van der Waals surface area contributed by atoms with Gasteiger partial charge in [-0.3, -0.25) is 0 Å². The van der Waals surface area contributed by atoms with Gasteiger partial charge in [0.25, 0.3) is 0 Å². The molecule has 0 nitrogen and oxygen atoms in total. The van der Waals surface area contributed by atoms with Gasteiger partial charge in [0, 0.05) is 5.41 Å². The first-order valence-corrected chi connectivity index (χ1v) is 8.89. The molecule has 0 aromatic heterocycles. The molecular formula is C23H28. The van der Waals surface area contributed by atoms with Crippen LogP contribution in [0.3, 0.4) is 0 Å². The molecule has 120 valence electrons. The van der Waals surface area contributed by atoms with Crippen molar-refractivity contribution in [2.75, 3.05) is 0 Å². The molecule has 1 spiro atoms. The Labute approximate surface area is 140 Å². The van der Waals surface area contributed by atoms with E-state index >= 15 is 0 Å². The largest absolute Gasteiger partial charge is 0.0590 e. The molecular weight excluding hydrogens is 276 g/mol. The molecule has 0 heterocycles. The van der Waals surface area contributed by atoms with Crippen molar-refractivity contribution in [1.82, 2.24) is 0 Å². The highest BCUT2D eigenvalue weighted by atomic mass is 14.6. The third-order valence-corrected chi connectivity index (χ3v) is 6.33. The standard InChI is InChI=1S/C23H28/c1-15-8-10-18-19(11-15)22(5,6)14-23(18)13-21(3,4)17-9-7-16(2)12-20(17)23/h7-12H,13-14H2,1-6H3. The number of hydrogen-bond donors (Lipinski definition) is 0. The van der Waals surface area contributed by atoms with E-state index < -0.39 is 0 Å². The minimum atomic E-state index is 0.206. The van der Waals surface area contributed by atoms with Gasteiger partial charge in [0.15, 0.2) is 0 Å². The van der Waals surface area contributed by atoms with Gasteiger partial charge in [-0.05, 0) is 59.8 Å². The number of hydrogen-bond acceptors (Lipinski definition) is 0. The van der Waals surface area contributed by atoms with Crippen LogP contribution in [0.15, 0.2) is 36.4 Å². The summed E-state index contributed by atoms with van der Waals surface area (Å²) in [5, 5.41) is 0. The molecule has 0 radical (unpaired) electrons. The molecule has 0 bridgehead atoms. The molecule has 0 aliphatic heterocycles. The number of rotatable bonds is 0. The van der Waals surface area contributed by atoms with Crippen LogP contribution >= 0.6 is 0 Å². The lowest BCUT2D eigenvalue weighted by atomic mass is 9.72. The molecule has 0 saturated heterocycles.